The predicted molar refractivity (Wildman–Crippen MR) is 138 cm³/mol. The summed E-state index contributed by atoms with van der Waals surface area (Å²) in [4.78, 5) is 16.0. The Bertz CT molecular complexity index is 1070. The summed E-state index contributed by atoms with van der Waals surface area (Å²) in [6.07, 6.45) is 5.97. The molecule has 1 aromatic carbocycles. The Morgan fingerprint density at radius 3 is 2.45 bits per heavy atom. The minimum Gasteiger partial charge on any atom is -0.493 e. The van der Waals surface area contributed by atoms with E-state index >= 15 is 0 Å². The van der Waals surface area contributed by atoms with Crippen LogP contribution in [0.5, 0.6) is 11.5 Å². The van der Waals surface area contributed by atoms with Gasteiger partial charge in [-0.25, -0.2) is 0 Å². The highest BCUT2D eigenvalue weighted by atomic mass is 79.9. The molecule has 0 N–H and O–H groups in total. The van der Waals surface area contributed by atoms with Crippen LogP contribution >= 0.6 is 15.9 Å². The number of nitrogens with zero attached hydrogens (tertiary/aromatic N) is 2. The van der Waals surface area contributed by atoms with Crippen LogP contribution in [0.15, 0.2) is 47.1 Å². The van der Waals surface area contributed by atoms with E-state index in [4.69, 9.17) is 9.47 Å². The highest BCUT2D eigenvalue weighted by Crippen LogP contribution is 2.33. The first-order valence-electron chi connectivity index (χ1n) is 11.9. The van der Waals surface area contributed by atoms with Crippen LogP contribution in [0.3, 0.4) is 0 Å². The summed E-state index contributed by atoms with van der Waals surface area (Å²) in [6, 6.07) is 11.4. The Hall–Kier alpha value is -2.31. The number of ketones is 1. The molecule has 0 saturated carbocycles. The Labute approximate surface area is 205 Å². The van der Waals surface area contributed by atoms with E-state index in [9.17, 15) is 4.79 Å². The second-order valence-corrected chi connectivity index (χ2v) is 8.98. The average Bonchev–Trinajstić information content (AvgIpc) is 3.13. The summed E-state index contributed by atoms with van der Waals surface area (Å²) in [6.45, 7) is 10.4. The van der Waals surface area contributed by atoms with Crippen molar-refractivity contribution in [1.29, 1.82) is 0 Å². The van der Waals surface area contributed by atoms with Crippen LogP contribution in [0.2, 0.25) is 0 Å². The molecule has 3 rings (SSSR count). The molecule has 5 nitrogen and oxygen atoms in total. The molecular weight excluding hydrogens is 480 g/mol. The van der Waals surface area contributed by atoms with E-state index in [1.165, 1.54) is 0 Å². The van der Waals surface area contributed by atoms with Crippen molar-refractivity contribution < 1.29 is 14.3 Å². The summed E-state index contributed by atoms with van der Waals surface area (Å²) in [5.74, 6) is 1.22. The number of fused-ring (bicyclic) bond motifs is 1. The van der Waals surface area contributed by atoms with Crippen LogP contribution < -0.4 is 9.47 Å². The van der Waals surface area contributed by atoms with Crippen molar-refractivity contribution in [2.75, 3.05) is 33.4 Å². The standard InChI is InChI=1S/C27H35BrN2O3/c1-5-14-29(15-6-2)16-10-18-33-23-13-12-20(19-24(23)32-4)27(31)26-21(7-3)25(28)22-11-8-9-17-30(22)26/h8-9,11-13,17,19H,5-7,10,14-16,18H2,1-4H3. The molecule has 2 heterocycles. The molecule has 0 spiro atoms. The molecule has 178 valence electrons. The van der Waals surface area contributed by atoms with Crippen LogP contribution in [-0.4, -0.2) is 48.4 Å². The fourth-order valence-electron chi connectivity index (χ4n) is 4.29. The third-order valence-corrected chi connectivity index (χ3v) is 6.71. The highest BCUT2D eigenvalue weighted by Gasteiger charge is 2.23. The third kappa shape index (κ3) is 5.79. The zero-order valence-corrected chi connectivity index (χ0v) is 21.8. The topological polar surface area (TPSA) is 43.2 Å². The van der Waals surface area contributed by atoms with Crippen molar-refractivity contribution in [3.8, 4) is 11.5 Å². The van der Waals surface area contributed by atoms with Crippen LogP contribution in [0.1, 0.15) is 61.6 Å². The molecule has 0 unspecified atom stereocenters. The minimum atomic E-state index is -0.0293. The van der Waals surface area contributed by atoms with Gasteiger partial charge in [0.1, 0.15) is 0 Å². The van der Waals surface area contributed by atoms with E-state index in [0.717, 1.165) is 60.9 Å². The Morgan fingerprint density at radius 2 is 1.79 bits per heavy atom. The van der Waals surface area contributed by atoms with E-state index in [0.29, 0.717) is 29.4 Å². The number of aromatic nitrogens is 1. The second kappa shape index (κ2) is 12.2. The SMILES string of the molecule is CCCN(CCC)CCCOc1ccc(C(=O)c2c(CC)c(Br)c3ccccn23)cc1OC. The molecule has 3 aromatic rings. The normalized spacial score (nSPS) is 11.3. The van der Waals surface area contributed by atoms with E-state index in [1.54, 1.807) is 13.2 Å². The number of benzene rings is 1. The number of hydrogen-bond acceptors (Lipinski definition) is 4. The van der Waals surface area contributed by atoms with Gasteiger partial charge in [-0.3, -0.25) is 4.79 Å². The van der Waals surface area contributed by atoms with Crippen LogP contribution in [-0.2, 0) is 6.42 Å². The van der Waals surface area contributed by atoms with E-state index in [-0.39, 0.29) is 5.78 Å². The van der Waals surface area contributed by atoms with E-state index in [1.807, 2.05) is 40.9 Å². The summed E-state index contributed by atoms with van der Waals surface area (Å²) >= 11 is 3.69. The highest BCUT2D eigenvalue weighted by molar-refractivity contribution is 9.10. The van der Waals surface area contributed by atoms with E-state index in [2.05, 4.69) is 41.6 Å². The third-order valence-electron chi connectivity index (χ3n) is 5.83. The first-order valence-corrected chi connectivity index (χ1v) is 12.7. The average molecular weight is 515 g/mol. The molecule has 6 heteroatoms. The number of carbonyl (C=O) groups is 1. The van der Waals surface area contributed by atoms with Gasteiger partial charge in [0.05, 0.1) is 24.9 Å². The van der Waals surface area contributed by atoms with Gasteiger partial charge in [0.25, 0.3) is 0 Å². The molecule has 0 aliphatic rings. The lowest BCUT2D eigenvalue weighted by molar-refractivity contribution is 0.103. The molecule has 2 aromatic heterocycles. The van der Waals surface area contributed by atoms with Crippen LogP contribution in [0.4, 0.5) is 0 Å². The number of halogens is 1. The van der Waals surface area contributed by atoms with Gasteiger partial charge in [-0.05, 0) is 90.6 Å². The lowest BCUT2D eigenvalue weighted by Crippen LogP contribution is -2.27. The van der Waals surface area contributed by atoms with Gasteiger partial charge >= 0.3 is 0 Å². The van der Waals surface area contributed by atoms with Gasteiger partial charge in [-0.2, -0.15) is 0 Å². The molecule has 0 aliphatic heterocycles. The molecular formula is C27H35BrN2O3. The molecule has 0 radical (unpaired) electrons. The minimum absolute atomic E-state index is 0.0293. The number of pyridine rings is 1. The molecule has 0 atom stereocenters. The second-order valence-electron chi connectivity index (χ2n) is 8.19. The summed E-state index contributed by atoms with van der Waals surface area (Å²) in [5, 5.41) is 0. The van der Waals surface area contributed by atoms with E-state index < -0.39 is 0 Å². The maximum atomic E-state index is 13.5. The Balaban J connectivity index is 1.76. The van der Waals surface area contributed by atoms with Crippen molar-refractivity contribution in [3.63, 3.8) is 0 Å². The van der Waals surface area contributed by atoms with Gasteiger partial charge in [0, 0.05) is 22.8 Å². The molecule has 0 saturated heterocycles. The zero-order valence-electron chi connectivity index (χ0n) is 20.2. The zero-order chi connectivity index (χ0) is 23.8. The Kier molecular flexibility index (Phi) is 9.39. The number of ether oxygens (including phenoxy) is 2. The van der Waals surface area contributed by atoms with Crippen LogP contribution in [0.25, 0.3) is 5.52 Å². The first-order chi connectivity index (χ1) is 16.0. The van der Waals surface area contributed by atoms with Crippen molar-refractivity contribution in [2.24, 2.45) is 0 Å². The van der Waals surface area contributed by atoms with Crippen LogP contribution in [0, 0.1) is 0 Å². The maximum Gasteiger partial charge on any atom is 0.210 e. The summed E-state index contributed by atoms with van der Waals surface area (Å²) in [5.41, 5.74) is 3.27. The number of methoxy groups -OCH3 is 1. The lowest BCUT2D eigenvalue weighted by Gasteiger charge is -2.21. The fourth-order valence-corrected chi connectivity index (χ4v) is 5.08. The Morgan fingerprint density at radius 1 is 1.03 bits per heavy atom. The number of carbonyl (C=O) groups excluding carboxylic acids is 1. The molecule has 0 amide bonds. The van der Waals surface area contributed by atoms with Crippen molar-refractivity contribution in [1.82, 2.24) is 9.30 Å². The number of hydrogen-bond donors (Lipinski definition) is 0. The summed E-state index contributed by atoms with van der Waals surface area (Å²) in [7, 11) is 1.61. The monoisotopic (exact) mass is 514 g/mol. The van der Waals surface area contributed by atoms with Gasteiger partial charge in [0.2, 0.25) is 5.78 Å². The molecule has 0 bridgehead atoms. The predicted octanol–water partition coefficient (Wildman–Crippen LogP) is 6.39. The van der Waals surface area contributed by atoms with Crippen molar-refractivity contribution >= 4 is 27.2 Å². The molecule has 0 fully saturated rings. The van der Waals surface area contributed by atoms with Crippen molar-refractivity contribution in [2.45, 2.75) is 46.5 Å². The van der Waals surface area contributed by atoms with Crippen molar-refractivity contribution in [3.05, 3.63) is 63.9 Å². The maximum absolute atomic E-state index is 13.5. The largest absolute Gasteiger partial charge is 0.493 e. The number of rotatable bonds is 13. The lowest BCUT2D eigenvalue weighted by atomic mass is 10.0. The fraction of sp³-hybridized carbons (Fsp3) is 0.444. The molecule has 0 aliphatic carbocycles. The first kappa shape index (κ1) is 25.3. The van der Waals surface area contributed by atoms with Gasteiger partial charge in [-0.1, -0.05) is 26.8 Å². The quantitative estimate of drug-likeness (QED) is 0.195. The van der Waals surface area contributed by atoms with Gasteiger partial charge in [-0.15, -0.1) is 0 Å². The summed E-state index contributed by atoms with van der Waals surface area (Å²) < 4.78 is 14.5. The van der Waals surface area contributed by atoms with Gasteiger partial charge in [0.15, 0.2) is 11.5 Å². The smallest absolute Gasteiger partial charge is 0.210 e. The molecule has 33 heavy (non-hydrogen) atoms. The van der Waals surface area contributed by atoms with Gasteiger partial charge < -0.3 is 18.8 Å².